The van der Waals surface area contributed by atoms with Crippen molar-refractivity contribution in [3.8, 4) is 0 Å². The first-order chi connectivity index (χ1) is 8.54. The number of carbonyl (C=O) groups is 1. The zero-order valence-corrected chi connectivity index (χ0v) is 11.6. The Hall–Kier alpha value is -1.07. The molecule has 0 bridgehead atoms. The molecule has 1 fully saturated rings. The standard InChI is InChI=1S/C12H15ClN2O2S/c1-18(17)7-8-2-5-10(13)11(6-8)15-12(16)14-9-3-4-9/h2,5-6,9H,3-4,7H2,1H3,(H2,14,15,16)/t18-/m1/s1. The number of anilines is 1. The minimum atomic E-state index is -0.915. The lowest BCUT2D eigenvalue weighted by Gasteiger charge is -2.10. The van der Waals surface area contributed by atoms with Crippen molar-refractivity contribution < 1.29 is 9.00 Å². The van der Waals surface area contributed by atoms with Crippen molar-refractivity contribution in [3.63, 3.8) is 0 Å². The maximum absolute atomic E-state index is 11.6. The van der Waals surface area contributed by atoms with Crippen LogP contribution in [0.1, 0.15) is 18.4 Å². The summed E-state index contributed by atoms with van der Waals surface area (Å²) in [6.45, 7) is 0. The predicted molar refractivity (Wildman–Crippen MR) is 74.4 cm³/mol. The van der Waals surface area contributed by atoms with E-state index in [4.69, 9.17) is 11.6 Å². The van der Waals surface area contributed by atoms with E-state index in [0.717, 1.165) is 18.4 Å². The third-order valence-electron chi connectivity index (χ3n) is 2.56. The summed E-state index contributed by atoms with van der Waals surface area (Å²) >= 11 is 6.01. The van der Waals surface area contributed by atoms with Crippen LogP contribution in [0.5, 0.6) is 0 Å². The van der Waals surface area contributed by atoms with Crippen molar-refractivity contribution >= 4 is 34.1 Å². The summed E-state index contributed by atoms with van der Waals surface area (Å²) in [6, 6.07) is 5.34. The van der Waals surface area contributed by atoms with Crippen LogP contribution >= 0.6 is 11.6 Å². The summed E-state index contributed by atoms with van der Waals surface area (Å²) < 4.78 is 11.2. The average molecular weight is 287 g/mol. The fourth-order valence-electron chi connectivity index (χ4n) is 1.56. The number of carbonyl (C=O) groups excluding carboxylic acids is 1. The van der Waals surface area contributed by atoms with Gasteiger partial charge in [-0.25, -0.2) is 4.79 Å². The molecule has 0 saturated heterocycles. The van der Waals surface area contributed by atoms with E-state index in [1.165, 1.54) is 0 Å². The maximum atomic E-state index is 11.6. The molecule has 0 aromatic heterocycles. The van der Waals surface area contributed by atoms with Gasteiger partial charge < -0.3 is 10.6 Å². The molecule has 1 aliphatic carbocycles. The summed E-state index contributed by atoms with van der Waals surface area (Å²) in [6.07, 6.45) is 3.72. The van der Waals surface area contributed by atoms with Gasteiger partial charge in [0.1, 0.15) is 0 Å². The Morgan fingerprint density at radius 3 is 2.83 bits per heavy atom. The average Bonchev–Trinajstić information content (AvgIpc) is 3.06. The van der Waals surface area contributed by atoms with Gasteiger partial charge in [0, 0.05) is 28.9 Å². The van der Waals surface area contributed by atoms with Gasteiger partial charge in [0.15, 0.2) is 0 Å². The van der Waals surface area contributed by atoms with Crippen LogP contribution in [0.4, 0.5) is 10.5 Å². The van der Waals surface area contributed by atoms with Gasteiger partial charge >= 0.3 is 6.03 Å². The molecular formula is C12H15ClN2O2S. The van der Waals surface area contributed by atoms with Gasteiger partial charge in [0.2, 0.25) is 0 Å². The molecule has 1 atom stereocenters. The molecule has 2 amide bonds. The van der Waals surface area contributed by atoms with E-state index in [2.05, 4.69) is 10.6 Å². The molecule has 18 heavy (non-hydrogen) atoms. The monoisotopic (exact) mass is 286 g/mol. The molecule has 0 heterocycles. The Kier molecular flexibility index (Phi) is 4.24. The van der Waals surface area contributed by atoms with Crippen molar-refractivity contribution in [1.82, 2.24) is 5.32 Å². The van der Waals surface area contributed by atoms with E-state index in [0.29, 0.717) is 22.5 Å². The number of rotatable bonds is 4. The molecule has 1 saturated carbocycles. The van der Waals surface area contributed by atoms with Crippen LogP contribution in [0.25, 0.3) is 0 Å². The minimum absolute atomic E-state index is 0.242. The maximum Gasteiger partial charge on any atom is 0.319 e. The van der Waals surface area contributed by atoms with Gasteiger partial charge in [0.25, 0.3) is 0 Å². The van der Waals surface area contributed by atoms with Crippen molar-refractivity contribution in [2.24, 2.45) is 0 Å². The highest BCUT2D eigenvalue weighted by atomic mass is 35.5. The number of benzene rings is 1. The molecule has 0 unspecified atom stereocenters. The van der Waals surface area contributed by atoms with Crippen LogP contribution in [0.2, 0.25) is 5.02 Å². The highest BCUT2D eigenvalue weighted by molar-refractivity contribution is 7.83. The number of nitrogens with one attached hydrogen (secondary N) is 2. The van der Waals surface area contributed by atoms with Crippen LogP contribution in [0.3, 0.4) is 0 Å². The second-order valence-corrected chi connectivity index (χ2v) is 6.25. The van der Waals surface area contributed by atoms with Crippen LogP contribution in [0, 0.1) is 0 Å². The molecule has 4 nitrogen and oxygen atoms in total. The Morgan fingerprint density at radius 2 is 2.22 bits per heavy atom. The number of hydrogen-bond acceptors (Lipinski definition) is 2. The number of amides is 2. The molecule has 0 aliphatic heterocycles. The quantitative estimate of drug-likeness (QED) is 0.893. The van der Waals surface area contributed by atoms with Gasteiger partial charge in [-0.15, -0.1) is 0 Å². The van der Waals surface area contributed by atoms with E-state index in [1.54, 1.807) is 18.4 Å². The van der Waals surface area contributed by atoms with Crippen LogP contribution in [-0.4, -0.2) is 22.5 Å². The van der Waals surface area contributed by atoms with Crippen molar-refractivity contribution in [3.05, 3.63) is 28.8 Å². The van der Waals surface area contributed by atoms with Gasteiger partial charge in [0.05, 0.1) is 10.7 Å². The van der Waals surface area contributed by atoms with E-state index in [9.17, 15) is 9.00 Å². The topological polar surface area (TPSA) is 58.2 Å². The Morgan fingerprint density at radius 1 is 1.50 bits per heavy atom. The fourth-order valence-corrected chi connectivity index (χ4v) is 2.38. The second-order valence-electron chi connectivity index (χ2n) is 4.40. The third kappa shape index (κ3) is 3.99. The fraction of sp³-hybridized carbons (Fsp3) is 0.417. The number of halogens is 1. The lowest BCUT2D eigenvalue weighted by Crippen LogP contribution is -2.30. The number of hydrogen-bond donors (Lipinski definition) is 2. The third-order valence-corrected chi connectivity index (χ3v) is 3.63. The van der Waals surface area contributed by atoms with E-state index >= 15 is 0 Å². The van der Waals surface area contributed by atoms with Gasteiger partial charge in [-0.3, -0.25) is 4.21 Å². The Balaban J connectivity index is 2.04. The summed E-state index contributed by atoms with van der Waals surface area (Å²) in [5.74, 6) is 0.454. The summed E-state index contributed by atoms with van der Waals surface area (Å²) in [4.78, 5) is 11.6. The van der Waals surface area contributed by atoms with Crippen molar-refractivity contribution in [2.75, 3.05) is 11.6 Å². The van der Waals surface area contributed by atoms with Gasteiger partial charge in [-0.05, 0) is 30.5 Å². The lowest BCUT2D eigenvalue weighted by atomic mass is 10.2. The first-order valence-corrected chi connectivity index (χ1v) is 7.81. The molecule has 2 rings (SSSR count). The van der Waals surface area contributed by atoms with Gasteiger partial charge in [-0.2, -0.15) is 0 Å². The second kappa shape index (κ2) is 5.71. The molecule has 1 aromatic rings. The minimum Gasteiger partial charge on any atom is -0.335 e. The van der Waals surface area contributed by atoms with E-state index in [1.807, 2.05) is 6.07 Å². The highest BCUT2D eigenvalue weighted by Gasteiger charge is 2.23. The molecule has 1 aliphatic rings. The zero-order valence-electron chi connectivity index (χ0n) is 10.0. The van der Waals surface area contributed by atoms with Crippen molar-refractivity contribution in [1.29, 1.82) is 0 Å². The molecule has 1 aromatic carbocycles. The Labute approximate surface area is 114 Å². The molecule has 6 heteroatoms. The van der Waals surface area contributed by atoms with Crippen LogP contribution < -0.4 is 10.6 Å². The first-order valence-electron chi connectivity index (χ1n) is 5.70. The van der Waals surface area contributed by atoms with E-state index < -0.39 is 10.8 Å². The lowest BCUT2D eigenvalue weighted by molar-refractivity contribution is 0.251. The smallest absolute Gasteiger partial charge is 0.319 e. The molecule has 98 valence electrons. The first kappa shape index (κ1) is 13.4. The molecule has 0 spiro atoms. The van der Waals surface area contributed by atoms with E-state index in [-0.39, 0.29) is 6.03 Å². The SMILES string of the molecule is C[S@@](=O)Cc1ccc(Cl)c(NC(=O)NC2CC2)c1. The molecule has 2 N–H and O–H groups in total. The Bertz CT molecular complexity index is 489. The number of urea groups is 1. The largest absolute Gasteiger partial charge is 0.335 e. The van der Waals surface area contributed by atoms with Gasteiger partial charge in [-0.1, -0.05) is 17.7 Å². The summed E-state index contributed by atoms with van der Waals surface area (Å²) in [7, 11) is -0.915. The van der Waals surface area contributed by atoms with Crippen LogP contribution in [-0.2, 0) is 16.6 Å². The molecular weight excluding hydrogens is 272 g/mol. The van der Waals surface area contributed by atoms with Crippen LogP contribution in [0.15, 0.2) is 18.2 Å². The summed E-state index contributed by atoms with van der Waals surface area (Å²) in [5.41, 5.74) is 1.44. The zero-order chi connectivity index (χ0) is 13.1. The summed E-state index contributed by atoms with van der Waals surface area (Å²) in [5, 5.41) is 6.01. The predicted octanol–water partition coefficient (Wildman–Crippen LogP) is 2.50. The highest BCUT2D eigenvalue weighted by Crippen LogP contribution is 2.24. The van der Waals surface area contributed by atoms with Crippen molar-refractivity contribution in [2.45, 2.75) is 24.6 Å². The normalized spacial score (nSPS) is 16.1. The molecule has 0 radical (unpaired) electrons.